The normalized spacial score (nSPS) is 32.8. The standard InChI is InChI=1S/C21H24F2N5O7P/c1-21(30)16(29)14(34-19(21)28-7-5-11-17(24)26-20(25)27-18(11)28)9-33-36(31)32-8-6-13(35-36)10-3-2-4-12(22)15(10)23/h2-5,7,13-14,16,19,29-30H,6,8-9H2,1H3,(H4,24,25,26,27)/t13?,14-,16-,19-,21-,36?/m1/s1. The molecule has 2 fully saturated rings. The summed E-state index contributed by atoms with van der Waals surface area (Å²) in [4.78, 5) is 8.03. The van der Waals surface area contributed by atoms with Crippen LogP contribution in [0.5, 0.6) is 0 Å². The van der Waals surface area contributed by atoms with Gasteiger partial charge in [-0.25, -0.2) is 13.3 Å². The lowest BCUT2D eigenvalue weighted by atomic mass is 9.96. The number of hydrogen-bond donors (Lipinski definition) is 4. The van der Waals surface area contributed by atoms with Crippen LogP contribution in [0.4, 0.5) is 20.5 Å². The van der Waals surface area contributed by atoms with Crippen LogP contribution in [0, 0.1) is 11.6 Å². The van der Waals surface area contributed by atoms with E-state index in [0.717, 1.165) is 6.07 Å². The Labute approximate surface area is 203 Å². The minimum atomic E-state index is -4.25. The molecule has 0 saturated carbocycles. The molecular weight excluding hydrogens is 503 g/mol. The van der Waals surface area contributed by atoms with Crippen molar-refractivity contribution in [3.05, 3.63) is 47.7 Å². The van der Waals surface area contributed by atoms with Gasteiger partial charge in [0.05, 0.1) is 24.7 Å². The molecule has 2 aliphatic heterocycles. The first-order valence-electron chi connectivity index (χ1n) is 11.0. The molecule has 2 unspecified atom stereocenters. The lowest BCUT2D eigenvalue weighted by Crippen LogP contribution is -2.44. The Morgan fingerprint density at radius 3 is 2.86 bits per heavy atom. The molecule has 3 aromatic rings. The van der Waals surface area contributed by atoms with Crippen LogP contribution in [0.3, 0.4) is 0 Å². The van der Waals surface area contributed by atoms with Gasteiger partial charge in [0.25, 0.3) is 0 Å². The van der Waals surface area contributed by atoms with Crippen LogP contribution < -0.4 is 11.5 Å². The second kappa shape index (κ2) is 8.99. The van der Waals surface area contributed by atoms with Gasteiger partial charge in [0.2, 0.25) is 5.95 Å². The first kappa shape index (κ1) is 25.0. The van der Waals surface area contributed by atoms with Crippen molar-refractivity contribution in [2.24, 2.45) is 0 Å². The highest BCUT2D eigenvalue weighted by Crippen LogP contribution is 2.57. The van der Waals surface area contributed by atoms with Crippen LogP contribution in [-0.4, -0.2) is 55.8 Å². The Bertz CT molecular complexity index is 1360. The van der Waals surface area contributed by atoms with Crippen molar-refractivity contribution in [1.82, 2.24) is 14.5 Å². The Hall–Kier alpha value is -2.71. The number of aromatic nitrogens is 3. The van der Waals surface area contributed by atoms with Gasteiger partial charge < -0.3 is 31.0 Å². The molecule has 4 heterocycles. The fraction of sp³-hybridized carbons (Fsp3) is 0.429. The Morgan fingerprint density at radius 1 is 1.31 bits per heavy atom. The molecule has 1 aromatic carbocycles. The summed E-state index contributed by atoms with van der Waals surface area (Å²) in [6.07, 6.45) is -3.25. The highest BCUT2D eigenvalue weighted by molar-refractivity contribution is 7.48. The van der Waals surface area contributed by atoms with E-state index < -0.39 is 56.2 Å². The van der Waals surface area contributed by atoms with E-state index in [1.54, 1.807) is 6.07 Å². The van der Waals surface area contributed by atoms with E-state index in [4.69, 9.17) is 29.8 Å². The molecule has 36 heavy (non-hydrogen) atoms. The number of nitrogens with zero attached hydrogens (tertiary/aromatic N) is 3. The van der Waals surface area contributed by atoms with Crippen LogP contribution in [0.2, 0.25) is 0 Å². The summed E-state index contributed by atoms with van der Waals surface area (Å²) in [6, 6.07) is 5.18. The van der Waals surface area contributed by atoms with E-state index in [9.17, 15) is 23.6 Å². The summed E-state index contributed by atoms with van der Waals surface area (Å²) in [7, 11) is -4.25. The zero-order chi connectivity index (χ0) is 25.8. The van der Waals surface area contributed by atoms with E-state index in [-0.39, 0.29) is 36.0 Å². The number of aliphatic hydroxyl groups excluding tert-OH is 1. The van der Waals surface area contributed by atoms with Crippen molar-refractivity contribution in [1.29, 1.82) is 0 Å². The fourth-order valence-electron chi connectivity index (χ4n) is 4.37. The lowest BCUT2D eigenvalue weighted by molar-refractivity contribution is -0.0950. The van der Waals surface area contributed by atoms with E-state index >= 15 is 0 Å². The number of fused-ring (bicyclic) bond motifs is 1. The van der Waals surface area contributed by atoms with Crippen molar-refractivity contribution in [2.75, 3.05) is 24.7 Å². The van der Waals surface area contributed by atoms with Crippen molar-refractivity contribution in [3.63, 3.8) is 0 Å². The molecule has 0 spiro atoms. The largest absolute Gasteiger partial charge is 0.475 e. The second-order valence-electron chi connectivity index (χ2n) is 8.73. The molecule has 2 aliphatic rings. The third-order valence-corrected chi connectivity index (χ3v) is 7.71. The molecule has 0 amide bonds. The molecule has 6 N–H and O–H groups in total. The molecule has 15 heteroatoms. The Kier molecular flexibility index (Phi) is 6.24. The van der Waals surface area contributed by atoms with Gasteiger partial charge in [-0.2, -0.15) is 9.97 Å². The summed E-state index contributed by atoms with van der Waals surface area (Å²) in [5.41, 5.74) is 9.89. The van der Waals surface area contributed by atoms with Gasteiger partial charge in [-0.15, -0.1) is 0 Å². The molecule has 0 radical (unpaired) electrons. The van der Waals surface area contributed by atoms with Crippen molar-refractivity contribution in [3.8, 4) is 0 Å². The Morgan fingerprint density at radius 2 is 2.08 bits per heavy atom. The monoisotopic (exact) mass is 527 g/mol. The van der Waals surface area contributed by atoms with Crippen LogP contribution in [0.15, 0.2) is 30.5 Å². The number of rotatable bonds is 5. The number of benzene rings is 1. The smallest absolute Gasteiger partial charge is 0.387 e. The van der Waals surface area contributed by atoms with Crippen molar-refractivity contribution in [2.45, 2.75) is 43.5 Å². The van der Waals surface area contributed by atoms with Gasteiger partial charge in [-0.3, -0.25) is 13.6 Å². The van der Waals surface area contributed by atoms with Gasteiger partial charge in [0.15, 0.2) is 17.9 Å². The van der Waals surface area contributed by atoms with Crippen molar-refractivity contribution < 1.29 is 41.9 Å². The first-order valence-corrected chi connectivity index (χ1v) is 12.4. The van der Waals surface area contributed by atoms with Crippen LogP contribution >= 0.6 is 7.82 Å². The summed E-state index contributed by atoms with van der Waals surface area (Å²) >= 11 is 0. The average Bonchev–Trinajstić information content (AvgIpc) is 3.33. The molecule has 0 aliphatic carbocycles. The molecule has 12 nitrogen and oxygen atoms in total. The van der Waals surface area contributed by atoms with Gasteiger partial charge in [-0.05, 0) is 19.1 Å². The van der Waals surface area contributed by atoms with E-state index in [1.165, 1.54) is 29.8 Å². The summed E-state index contributed by atoms with van der Waals surface area (Å²) in [5.74, 6) is -2.15. The quantitative estimate of drug-likeness (QED) is 0.358. The number of aliphatic hydroxyl groups is 2. The first-order chi connectivity index (χ1) is 17.0. The SMILES string of the molecule is C[C@@]1(O)[C@H](O)[C@@H](COP2(=O)OCCC(c3cccc(F)c3F)O2)O[C@H]1n1ccc2c(N)nc(N)nc21. The topological polar surface area (TPSA) is 177 Å². The van der Waals surface area contributed by atoms with Gasteiger partial charge >= 0.3 is 7.82 Å². The molecule has 5 rings (SSSR count). The predicted molar refractivity (Wildman–Crippen MR) is 121 cm³/mol. The minimum absolute atomic E-state index is 0.0907. The summed E-state index contributed by atoms with van der Waals surface area (Å²) in [5, 5.41) is 22.3. The number of phosphoric ester groups is 1. The molecule has 6 atom stereocenters. The molecule has 2 aromatic heterocycles. The van der Waals surface area contributed by atoms with Crippen molar-refractivity contribution >= 4 is 30.6 Å². The minimum Gasteiger partial charge on any atom is -0.387 e. The van der Waals surface area contributed by atoms with Gasteiger partial charge in [0.1, 0.15) is 29.3 Å². The Balaban J connectivity index is 1.33. The molecule has 194 valence electrons. The van der Waals surface area contributed by atoms with Crippen LogP contribution in [0.25, 0.3) is 11.0 Å². The predicted octanol–water partition coefficient (Wildman–Crippen LogP) is 2.19. The molecular formula is C21H24F2N5O7P. The maximum absolute atomic E-state index is 14.2. The zero-order valence-corrected chi connectivity index (χ0v) is 19.8. The highest BCUT2D eigenvalue weighted by atomic mass is 31.2. The van der Waals surface area contributed by atoms with Crippen LogP contribution in [-0.2, 0) is 22.9 Å². The van der Waals surface area contributed by atoms with E-state index in [1.807, 2.05) is 0 Å². The molecule has 2 saturated heterocycles. The summed E-state index contributed by atoms with van der Waals surface area (Å²) in [6.45, 7) is 0.729. The fourth-order valence-corrected chi connectivity index (χ4v) is 5.75. The number of nitrogens with two attached hydrogens (primary N) is 2. The number of phosphoric acid groups is 1. The third-order valence-electron chi connectivity index (χ3n) is 6.24. The number of nitrogen functional groups attached to an aromatic ring is 2. The zero-order valence-electron chi connectivity index (χ0n) is 19.0. The average molecular weight is 527 g/mol. The van der Waals surface area contributed by atoms with E-state index in [2.05, 4.69) is 9.97 Å². The lowest BCUT2D eigenvalue weighted by Gasteiger charge is -2.30. The maximum atomic E-state index is 14.2. The maximum Gasteiger partial charge on any atom is 0.475 e. The van der Waals surface area contributed by atoms with Gasteiger partial charge in [-0.1, -0.05) is 12.1 Å². The van der Waals surface area contributed by atoms with E-state index in [0.29, 0.717) is 5.39 Å². The number of halogens is 2. The highest BCUT2D eigenvalue weighted by Gasteiger charge is 2.54. The number of hydrogen-bond acceptors (Lipinski definition) is 11. The number of anilines is 2. The van der Waals surface area contributed by atoms with Crippen LogP contribution in [0.1, 0.15) is 31.2 Å². The summed E-state index contributed by atoms with van der Waals surface area (Å²) < 4.78 is 64.1. The van der Waals surface area contributed by atoms with Gasteiger partial charge in [0, 0.05) is 18.2 Å². The second-order valence-corrected chi connectivity index (χ2v) is 10.3. The molecule has 0 bridgehead atoms. The number of ether oxygens (including phenoxy) is 1. The third kappa shape index (κ3) is 4.24.